The zero-order chi connectivity index (χ0) is 15.8. The second-order valence-corrected chi connectivity index (χ2v) is 6.42. The van der Waals surface area contributed by atoms with Crippen molar-refractivity contribution in [3.8, 4) is 0 Å². The smallest absolute Gasteiger partial charge is 0.278 e. The van der Waals surface area contributed by atoms with Crippen LogP contribution in [0.5, 0.6) is 0 Å². The van der Waals surface area contributed by atoms with Crippen molar-refractivity contribution in [2.45, 2.75) is 37.8 Å². The number of benzene rings is 1. The standard InChI is InChI=1S/C17H19N3O3/c21-20(22)16-4-3-15(13-5-7-18-10-14(13)16)19-12-6-8-23-17(9-12)11-1-2-11/h3-5,7,10-12,17,19H,1-2,6,8-9H2. The van der Waals surface area contributed by atoms with Crippen LogP contribution in [0.2, 0.25) is 0 Å². The third kappa shape index (κ3) is 2.86. The third-order valence-corrected chi connectivity index (χ3v) is 4.81. The zero-order valence-electron chi connectivity index (χ0n) is 12.8. The Bertz CT molecular complexity index is 745. The van der Waals surface area contributed by atoms with Crippen LogP contribution in [0, 0.1) is 16.0 Å². The van der Waals surface area contributed by atoms with Gasteiger partial charge in [-0.05, 0) is 43.7 Å². The van der Waals surface area contributed by atoms with Crippen LogP contribution < -0.4 is 5.32 Å². The Kier molecular flexibility index (Phi) is 3.61. The highest BCUT2D eigenvalue weighted by molar-refractivity contribution is 5.99. The summed E-state index contributed by atoms with van der Waals surface area (Å²) in [5.74, 6) is 0.734. The van der Waals surface area contributed by atoms with Crippen molar-refractivity contribution in [2.24, 2.45) is 5.92 Å². The van der Waals surface area contributed by atoms with E-state index in [-0.39, 0.29) is 10.6 Å². The van der Waals surface area contributed by atoms with E-state index in [0.717, 1.165) is 36.4 Å². The van der Waals surface area contributed by atoms with Crippen LogP contribution in [0.4, 0.5) is 11.4 Å². The highest BCUT2D eigenvalue weighted by atomic mass is 16.6. The van der Waals surface area contributed by atoms with Gasteiger partial charge in [0.15, 0.2) is 0 Å². The summed E-state index contributed by atoms with van der Waals surface area (Å²) in [6.07, 6.45) is 8.14. The summed E-state index contributed by atoms with van der Waals surface area (Å²) in [6.45, 7) is 0.783. The number of nitrogens with one attached hydrogen (secondary N) is 1. The molecule has 0 amide bonds. The lowest BCUT2D eigenvalue weighted by Gasteiger charge is -2.31. The second-order valence-electron chi connectivity index (χ2n) is 6.42. The minimum Gasteiger partial charge on any atom is -0.382 e. The molecule has 2 atom stereocenters. The topological polar surface area (TPSA) is 77.3 Å². The molecule has 2 unspecified atom stereocenters. The van der Waals surface area contributed by atoms with E-state index < -0.39 is 0 Å². The Labute approximate surface area is 134 Å². The average molecular weight is 313 g/mol. The summed E-state index contributed by atoms with van der Waals surface area (Å²) in [5.41, 5.74) is 1.04. The van der Waals surface area contributed by atoms with E-state index in [2.05, 4.69) is 10.3 Å². The monoisotopic (exact) mass is 313 g/mol. The van der Waals surface area contributed by atoms with Gasteiger partial charge >= 0.3 is 0 Å². The first kappa shape index (κ1) is 14.4. The van der Waals surface area contributed by atoms with Gasteiger partial charge in [0.25, 0.3) is 5.69 Å². The molecule has 2 aromatic rings. The molecule has 4 rings (SSSR count). The van der Waals surface area contributed by atoms with E-state index in [4.69, 9.17) is 4.74 Å². The number of anilines is 1. The van der Waals surface area contributed by atoms with E-state index in [0.29, 0.717) is 17.5 Å². The quantitative estimate of drug-likeness (QED) is 0.690. The van der Waals surface area contributed by atoms with E-state index in [1.807, 2.05) is 12.1 Å². The van der Waals surface area contributed by atoms with E-state index in [9.17, 15) is 10.1 Å². The number of pyridine rings is 1. The first-order chi connectivity index (χ1) is 11.2. The van der Waals surface area contributed by atoms with Crippen molar-refractivity contribution < 1.29 is 9.66 Å². The fourth-order valence-electron chi connectivity index (χ4n) is 3.44. The van der Waals surface area contributed by atoms with Crippen LogP contribution >= 0.6 is 0 Å². The van der Waals surface area contributed by atoms with Crippen molar-refractivity contribution in [3.63, 3.8) is 0 Å². The summed E-state index contributed by atoms with van der Waals surface area (Å²) in [6, 6.07) is 5.56. The molecule has 2 aliphatic rings. The summed E-state index contributed by atoms with van der Waals surface area (Å²) >= 11 is 0. The molecule has 1 saturated carbocycles. The minimum atomic E-state index is -0.356. The maximum atomic E-state index is 11.2. The van der Waals surface area contributed by atoms with E-state index in [1.165, 1.54) is 12.8 Å². The summed E-state index contributed by atoms with van der Waals surface area (Å²) in [4.78, 5) is 14.9. The van der Waals surface area contributed by atoms with Crippen LogP contribution in [0.15, 0.2) is 30.6 Å². The molecule has 120 valence electrons. The van der Waals surface area contributed by atoms with Gasteiger partial charge in [0.2, 0.25) is 0 Å². The number of hydrogen-bond acceptors (Lipinski definition) is 5. The molecule has 2 fully saturated rings. The van der Waals surface area contributed by atoms with Crippen molar-refractivity contribution in [3.05, 3.63) is 40.7 Å². The zero-order valence-corrected chi connectivity index (χ0v) is 12.8. The lowest BCUT2D eigenvalue weighted by atomic mass is 9.99. The van der Waals surface area contributed by atoms with Crippen LogP contribution in [-0.4, -0.2) is 28.7 Å². The molecule has 0 bridgehead atoms. The first-order valence-corrected chi connectivity index (χ1v) is 8.11. The van der Waals surface area contributed by atoms with E-state index in [1.54, 1.807) is 18.5 Å². The van der Waals surface area contributed by atoms with Gasteiger partial charge in [-0.1, -0.05) is 0 Å². The van der Waals surface area contributed by atoms with Crippen molar-refractivity contribution in [1.29, 1.82) is 0 Å². The summed E-state index contributed by atoms with van der Waals surface area (Å²) < 4.78 is 5.87. The Morgan fingerprint density at radius 3 is 2.87 bits per heavy atom. The largest absolute Gasteiger partial charge is 0.382 e. The molecule has 6 nitrogen and oxygen atoms in total. The molecule has 0 spiro atoms. The van der Waals surface area contributed by atoms with Crippen molar-refractivity contribution in [1.82, 2.24) is 4.98 Å². The number of nitrogens with zero attached hydrogens (tertiary/aromatic N) is 2. The number of nitro benzene ring substituents is 1. The number of hydrogen-bond donors (Lipinski definition) is 1. The maximum absolute atomic E-state index is 11.2. The highest BCUT2D eigenvalue weighted by Gasteiger charge is 2.35. The van der Waals surface area contributed by atoms with Crippen molar-refractivity contribution in [2.75, 3.05) is 11.9 Å². The lowest BCUT2D eigenvalue weighted by molar-refractivity contribution is -0.383. The fraction of sp³-hybridized carbons (Fsp3) is 0.471. The molecular formula is C17H19N3O3. The average Bonchev–Trinajstić information content (AvgIpc) is 3.40. The van der Waals surface area contributed by atoms with Gasteiger partial charge < -0.3 is 10.1 Å². The molecule has 23 heavy (non-hydrogen) atoms. The molecule has 1 N–H and O–H groups in total. The van der Waals surface area contributed by atoms with Gasteiger partial charge in [-0.3, -0.25) is 15.1 Å². The number of nitro groups is 1. The molecule has 2 heterocycles. The molecule has 0 radical (unpaired) electrons. The first-order valence-electron chi connectivity index (χ1n) is 8.11. The van der Waals surface area contributed by atoms with Crippen molar-refractivity contribution >= 4 is 22.1 Å². The van der Waals surface area contributed by atoms with Gasteiger partial charge in [-0.25, -0.2) is 0 Å². The Hall–Kier alpha value is -2.21. The number of aromatic nitrogens is 1. The van der Waals surface area contributed by atoms with Crippen LogP contribution in [0.25, 0.3) is 10.8 Å². The molecule has 6 heteroatoms. The molecule has 1 aliphatic carbocycles. The number of rotatable bonds is 4. The van der Waals surface area contributed by atoms with Gasteiger partial charge in [0.1, 0.15) is 0 Å². The number of fused-ring (bicyclic) bond motifs is 1. The summed E-state index contributed by atoms with van der Waals surface area (Å²) in [7, 11) is 0. The maximum Gasteiger partial charge on any atom is 0.278 e. The van der Waals surface area contributed by atoms with Gasteiger partial charge in [-0.2, -0.15) is 0 Å². The van der Waals surface area contributed by atoms with Crippen LogP contribution in [0.3, 0.4) is 0 Å². The molecule has 1 saturated heterocycles. The van der Waals surface area contributed by atoms with Gasteiger partial charge in [0.05, 0.1) is 16.4 Å². The fourth-order valence-corrected chi connectivity index (χ4v) is 3.44. The molecular weight excluding hydrogens is 294 g/mol. The normalized spacial score (nSPS) is 24.5. The molecule has 1 aromatic carbocycles. The van der Waals surface area contributed by atoms with Gasteiger partial charge in [-0.15, -0.1) is 0 Å². The van der Waals surface area contributed by atoms with Crippen LogP contribution in [-0.2, 0) is 4.74 Å². The Balaban J connectivity index is 1.61. The van der Waals surface area contributed by atoms with Gasteiger partial charge in [0, 0.05) is 42.2 Å². The second kappa shape index (κ2) is 5.77. The SMILES string of the molecule is O=[N+]([O-])c1ccc(NC2CCOC(C3CC3)C2)c2ccncc12. The predicted molar refractivity (Wildman–Crippen MR) is 87.5 cm³/mol. The third-order valence-electron chi connectivity index (χ3n) is 4.81. The predicted octanol–water partition coefficient (Wildman–Crippen LogP) is 3.51. The minimum absolute atomic E-state index is 0.0986. The number of ether oxygens (including phenoxy) is 1. The number of non-ortho nitro benzene ring substituents is 1. The lowest BCUT2D eigenvalue weighted by Crippen LogP contribution is -2.35. The summed E-state index contributed by atoms with van der Waals surface area (Å²) in [5, 5.41) is 16.2. The van der Waals surface area contributed by atoms with Crippen LogP contribution in [0.1, 0.15) is 25.7 Å². The Morgan fingerprint density at radius 1 is 1.22 bits per heavy atom. The highest BCUT2D eigenvalue weighted by Crippen LogP contribution is 2.39. The van der Waals surface area contributed by atoms with E-state index >= 15 is 0 Å². The Morgan fingerprint density at radius 2 is 2.09 bits per heavy atom. The molecule has 1 aromatic heterocycles. The molecule has 1 aliphatic heterocycles.